The van der Waals surface area contributed by atoms with Crippen LogP contribution in [0.1, 0.15) is 367 Å². The minimum Gasteiger partial charge on any atom is -0.394 e. The van der Waals surface area contributed by atoms with Gasteiger partial charge >= 0.3 is 0 Å². The van der Waals surface area contributed by atoms with E-state index < -0.39 is 18.2 Å². The van der Waals surface area contributed by atoms with Crippen molar-refractivity contribution in [2.24, 2.45) is 0 Å². The van der Waals surface area contributed by atoms with Crippen LogP contribution in [-0.2, 0) is 4.79 Å². The predicted molar refractivity (Wildman–Crippen MR) is 305 cm³/mol. The summed E-state index contributed by atoms with van der Waals surface area (Å²) >= 11 is 0. The van der Waals surface area contributed by atoms with E-state index >= 15 is 0 Å². The summed E-state index contributed by atoms with van der Waals surface area (Å²) in [6.45, 7) is 4.32. The Labute approximate surface area is 433 Å². The molecule has 0 aromatic heterocycles. The second-order valence-electron chi connectivity index (χ2n) is 22.4. The number of rotatable bonds is 60. The molecule has 0 aliphatic rings. The van der Waals surface area contributed by atoms with Crippen molar-refractivity contribution >= 4 is 5.91 Å². The molecule has 4 N–H and O–H groups in total. The highest BCUT2D eigenvalue weighted by Gasteiger charge is 2.21. The Hall–Kier alpha value is -0.910. The smallest absolute Gasteiger partial charge is 0.222 e. The molecule has 0 bridgehead atoms. The summed E-state index contributed by atoms with van der Waals surface area (Å²) in [5.74, 6) is -0.275. The Morgan fingerprint density at radius 3 is 0.841 bits per heavy atom. The summed E-state index contributed by atoms with van der Waals surface area (Å²) in [5.41, 5.74) is 0. The maximum absolute atomic E-state index is 12.6. The van der Waals surface area contributed by atoms with Crippen LogP contribution in [-0.4, -0.2) is 46.1 Å². The van der Waals surface area contributed by atoms with Gasteiger partial charge in [-0.1, -0.05) is 334 Å². The van der Waals surface area contributed by atoms with E-state index in [-0.39, 0.29) is 18.9 Å². The Bertz CT molecular complexity index is 987. The first-order valence-electron chi connectivity index (χ1n) is 32.0. The van der Waals surface area contributed by atoms with Crippen LogP contribution < -0.4 is 5.32 Å². The minimum atomic E-state index is -0.748. The second kappa shape index (κ2) is 59.7. The van der Waals surface area contributed by atoms with Crippen molar-refractivity contribution in [3.63, 3.8) is 0 Å². The van der Waals surface area contributed by atoms with E-state index in [0.29, 0.717) is 12.8 Å². The molecule has 0 rings (SSSR count). The largest absolute Gasteiger partial charge is 0.394 e. The highest BCUT2D eigenvalue weighted by Crippen LogP contribution is 2.19. The molecule has 0 spiro atoms. The molecule has 0 radical (unpaired) electrons. The number of carbonyl (C=O) groups excluding carboxylic acids is 1. The molecule has 1 amide bonds. The lowest BCUT2D eigenvalue weighted by Gasteiger charge is -2.23. The average molecular weight is 975 g/mol. The van der Waals surface area contributed by atoms with Crippen LogP contribution in [0.2, 0.25) is 0 Å². The molecule has 0 aliphatic heterocycles. The van der Waals surface area contributed by atoms with Gasteiger partial charge in [0.15, 0.2) is 0 Å². The highest BCUT2D eigenvalue weighted by atomic mass is 16.3. The summed E-state index contributed by atoms with van der Waals surface area (Å²) in [6.07, 6.45) is 75.4. The van der Waals surface area contributed by atoms with E-state index in [1.54, 1.807) is 0 Å². The van der Waals surface area contributed by atoms with Crippen molar-refractivity contribution in [3.8, 4) is 0 Å². The van der Waals surface area contributed by atoms with Crippen molar-refractivity contribution in [2.75, 3.05) is 6.61 Å². The third kappa shape index (κ3) is 56.2. The molecule has 5 heteroatoms. The van der Waals surface area contributed by atoms with Crippen LogP contribution >= 0.6 is 0 Å². The molecule has 0 fully saturated rings. The first-order valence-corrected chi connectivity index (χ1v) is 32.0. The van der Waals surface area contributed by atoms with Crippen molar-refractivity contribution < 1.29 is 20.1 Å². The van der Waals surface area contributed by atoms with Gasteiger partial charge in [-0.05, 0) is 38.5 Å². The van der Waals surface area contributed by atoms with Crippen molar-refractivity contribution in [3.05, 3.63) is 12.2 Å². The maximum Gasteiger partial charge on any atom is 0.222 e. The molecule has 0 aromatic carbocycles. The number of allylic oxidation sites excluding steroid dienone is 2. The highest BCUT2D eigenvalue weighted by molar-refractivity contribution is 5.76. The van der Waals surface area contributed by atoms with Crippen molar-refractivity contribution in [1.29, 1.82) is 0 Å². The van der Waals surface area contributed by atoms with E-state index in [2.05, 4.69) is 31.3 Å². The molecule has 3 atom stereocenters. The van der Waals surface area contributed by atoms with E-state index in [1.807, 2.05) is 0 Å². The lowest BCUT2D eigenvalue weighted by atomic mass is 10.0. The fourth-order valence-corrected chi connectivity index (χ4v) is 10.5. The number of aliphatic hydroxyl groups excluding tert-OH is 3. The third-order valence-electron chi connectivity index (χ3n) is 15.3. The number of amides is 1. The second-order valence-corrected chi connectivity index (χ2v) is 22.4. The number of nitrogens with one attached hydrogen (secondary N) is 1. The molecule has 3 unspecified atom stereocenters. The molecule has 0 saturated heterocycles. The Kier molecular flexibility index (Phi) is 58.9. The number of unbranched alkanes of at least 4 members (excludes halogenated alkanes) is 49. The Morgan fingerprint density at radius 2 is 0.580 bits per heavy atom. The molecule has 0 aromatic rings. The molecule has 69 heavy (non-hydrogen) atoms. The number of carbonyl (C=O) groups is 1. The molecule has 0 aliphatic carbocycles. The predicted octanol–water partition coefficient (Wildman–Crippen LogP) is 20.2. The number of aliphatic hydroxyl groups is 3. The topological polar surface area (TPSA) is 89.8 Å². The molecule has 412 valence electrons. The normalized spacial score (nSPS) is 13.2. The van der Waals surface area contributed by atoms with Gasteiger partial charge in [0.1, 0.15) is 0 Å². The van der Waals surface area contributed by atoms with Crippen LogP contribution in [0.4, 0.5) is 0 Å². The van der Waals surface area contributed by atoms with E-state index in [9.17, 15) is 20.1 Å². The standard InChI is InChI=1S/C64H127NO4/c1-3-5-7-9-11-13-15-17-19-21-23-25-27-29-30-31-32-33-34-35-37-39-41-43-45-47-49-51-53-55-57-61(67)59-64(69)65-62(60-66)63(68)58-56-54-52-50-48-46-44-42-40-38-36-28-26-24-22-20-18-16-14-12-10-8-6-4-2/h29-30,61-63,66-68H,3-28,31-60H2,1-2H3,(H,65,69)/b30-29-. The SMILES string of the molecule is CCCCCCCCCCCCCC/C=C\CCCCCCCCCCCCCCCCC(O)CC(=O)NC(CO)C(O)CCCCCCCCCCCCCCCCCCCCCCCCCC. The number of hydrogen-bond donors (Lipinski definition) is 4. The lowest BCUT2D eigenvalue weighted by molar-refractivity contribution is -0.125. The van der Waals surface area contributed by atoms with Gasteiger partial charge in [-0.15, -0.1) is 0 Å². The van der Waals surface area contributed by atoms with Gasteiger partial charge in [0.05, 0.1) is 31.3 Å². The van der Waals surface area contributed by atoms with Crippen LogP contribution in [0.3, 0.4) is 0 Å². The van der Waals surface area contributed by atoms with Gasteiger partial charge in [0.2, 0.25) is 5.91 Å². The quantitative estimate of drug-likeness (QED) is 0.0361. The van der Waals surface area contributed by atoms with E-state index in [4.69, 9.17) is 0 Å². The molecule has 0 heterocycles. The molecule has 0 saturated carbocycles. The first-order chi connectivity index (χ1) is 34.0. The fraction of sp³-hybridized carbons (Fsp3) is 0.953. The number of hydrogen-bond acceptors (Lipinski definition) is 4. The fourth-order valence-electron chi connectivity index (χ4n) is 10.5. The Morgan fingerprint density at radius 1 is 0.348 bits per heavy atom. The molecular weight excluding hydrogens is 847 g/mol. The van der Waals surface area contributed by atoms with E-state index in [1.165, 1.54) is 308 Å². The van der Waals surface area contributed by atoms with Gasteiger partial charge in [-0.3, -0.25) is 4.79 Å². The van der Waals surface area contributed by atoms with Gasteiger partial charge in [-0.2, -0.15) is 0 Å². The van der Waals surface area contributed by atoms with Crippen LogP contribution in [0.25, 0.3) is 0 Å². The van der Waals surface area contributed by atoms with Crippen LogP contribution in [0, 0.1) is 0 Å². The minimum absolute atomic E-state index is 0.0413. The zero-order valence-electron chi connectivity index (χ0n) is 47.2. The van der Waals surface area contributed by atoms with Gasteiger partial charge in [0.25, 0.3) is 0 Å². The van der Waals surface area contributed by atoms with Crippen molar-refractivity contribution in [1.82, 2.24) is 5.32 Å². The van der Waals surface area contributed by atoms with Gasteiger partial charge in [0, 0.05) is 0 Å². The monoisotopic (exact) mass is 974 g/mol. The van der Waals surface area contributed by atoms with Crippen LogP contribution in [0.5, 0.6) is 0 Å². The summed E-state index contributed by atoms with van der Waals surface area (Å²) in [6, 6.07) is -0.657. The molecule has 5 nitrogen and oxygen atoms in total. The van der Waals surface area contributed by atoms with Crippen molar-refractivity contribution in [2.45, 2.75) is 385 Å². The average Bonchev–Trinajstić information content (AvgIpc) is 3.35. The maximum atomic E-state index is 12.6. The van der Waals surface area contributed by atoms with Crippen LogP contribution in [0.15, 0.2) is 12.2 Å². The Balaban J connectivity index is 3.47. The van der Waals surface area contributed by atoms with E-state index in [0.717, 1.165) is 25.7 Å². The summed E-state index contributed by atoms with van der Waals surface area (Å²) in [4.78, 5) is 12.6. The van der Waals surface area contributed by atoms with Gasteiger partial charge < -0.3 is 20.6 Å². The summed E-state index contributed by atoms with van der Waals surface area (Å²) < 4.78 is 0. The lowest BCUT2D eigenvalue weighted by Crippen LogP contribution is -2.46. The first kappa shape index (κ1) is 68.1. The van der Waals surface area contributed by atoms with Gasteiger partial charge in [-0.25, -0.2) is 0 Å². The summed E-state index contributed by atoms with van der Waals surface area (Å²) in [7, 11) is 0. The zero-order chi connectivity index (χ0) is 50.0. The summed E-state index contributed by atoms with van der Waals surface area (Å²) in [5, 5.41) is 33.8. The zero-order valence-corrected chi connectivity index (χ0v) is 47.2. The molecular formula is C64H127NO4. The third-order valence-corrected chi connectivity index (χ3v) is 15.3.